The number of hydrogen-bond donors (Lipinski definition) is 0. The Morgan fingerprint density at radius 3 is 2.61 bits per heavy atom. The van der Waals surface area contributed by atoms with Crippen LogP contribution in [0.5, 0.6) is 0 Å². The van der Waals surface area contributed by atoms with Crippen molar-refractivity contribution in [3.05, 3.63) is 59.2 Å². The molecule has 0 bridgehead atoms. The van der Waals surface area contributed by atoms with Crippen molar-refractivity contribution in [1.29, 1.82) is 5.26 Å². The number of ether oxygens (including phenoxy) is 1. The van der Waals surface area contributed by atoms with E-state index in [2.05, 4.69) is 26.7 Å². The highest BCUT2D eigenvalue weighted by Crippen LogP contribution is 2.35. The summed E-state index contributed by atoms with van der Waals surface area (Å²) in [5.74, 6) is -0.406. The Hall–Kier alpha value is -4.34. The number of carbonyl (C=O) groups excluding carboxylic acids is 2. The fourth-order valence-electron chi connectivity index (χ4n) is 6.20. The van der Waals surface area contributed by atoms with Gasteiger partial charge in [-0.2, -0.15) is 10.4 Å². The van der Waals surface area contributed by atoms with Crippen molar-refractivity contribution in [3.8, 4) is 23.0 Å². The monoisotopic (exact) mass is 600 g/mol. The number of likely N-dealkylation sites (N-methyl/N-ethyl adjacent to an activating group) is 1. The molecule has 230 valence electrons. The number of piperazine rings is 1. The molecule has 11 nitrogen and oxygen atoms in total. The predicted octanol–water partition coefficient (Wildman–Crippen LogP) is 4.05. The standard InChI is InChI=1S/C32H37FN8O3/c1-32(2,3)44-31(43)40-20-25-29(30(40)42)26(17-24(35-25)28-21(18-34)7-5-9-23(28)33)41-12-10-27(36-41)39-11-6-8-22(19-39)38-15-13-37(4)14-16-38/h5,7,9-10,12,17,22H,6,8,11,13-16,19-20H2,1-4H3/t22-/m1/s1. The van der Waals surface area contributed by atoms with E-state index in [1.165, 1.54) is 18.2 Å². The third-order valence-electron chi connectivity index (χ3n) is 8.44. The number of anilines is 1. The maximum absolute atomic E-state index is 15.2. The number of imide groups is 1. The second kappa shape index (κ2) is 11.6. The number of halogens is 1. The highest BCUT2D eigenvalue weighted by atomic mass is 19.1. The smallest absolute Gasteiger partial charge is 0.417 e. The Balaban J connectivity index is 1.37. The van der Waals surface area contributed by atoms with Crippen LogP contribution in [-0.4, -0.2) is 99.4 Å². The van der Waals surface area contributed by atoms with Crippen LogP contribution < -0.4 is 4.90 Å². The van der Waals surface area contributed by atoms with Gasteiger partial charge in [-0.3, -0.25) is 9.69 Å². The molecule has 0 spiro atoms. The van der Waals surface area contributed by atoms with Crippen molar-refractivity contribution in [2.75, 3.05) is 51.2 Å². The van der Waals surface area contributed by atoms with E-state index in [0.717, 1.165) is 62.8 Å². The van der Waals surface area contributed by atoms with Gasteiger partial charge in [-0.1, -0.05) is 6.07 Å². The van der Waals surface area contributed by atoms with E-state index in [9.17, 15) is 14.9 Å². The van der Waals surface area contributed by atoms with Crippen molar-refractivity contribution in [2.45, 2.75) is 51.8 Å². The summed E-state index contributed by atoms with van der Waals surface area (Å²) < 4.78 is 22.2. The summed E-state index contributed by atoms with van der Waals surface area (Å²) in [4.78, 5) is 39.5. The third kappa shape index (κ3) is 5.77. The van der Waals surface area contributed by atoms with Gasteiger partial charge in [-0.15, -0.1) is 0 Å². The molecule has 0 saturated carbocycles. The molecule has 3 aliphatic heterocycles. The van der Waals surface area contributed by atoms with Crippen molar-refractivity contribution in [2.24, 2.45) is 0 Å². The average molecular weight is 601 g/mol. The average Bonchev–Trinajstić information content (AvgIpc) is 3.61. The fourth-order valence-corrected chi connectivity index (χ4v) is 6.20. The van der Waals surface area contributed by atoms with Crippen molar-refractivity contribution >= 4 is 17.8 Å². The number of nitrogens with zero attached hydrogens (tertiary/aromatic N) is 8. The lowest BCUT2D eigenvalue weighted by molar-refractivity contribution is 0.0247. The number of amides is 2. The molecule has 0 radical (unpaired) electrons. The molecule has 2 fully saturated rings. The number of nitriles is 1. The Kier molecular flexibility index (Phi) is 7.86. The number of pyridine rings is 1. The minimum absolute atomic E-state index is 0.0284. The lowest BCUT2D eigenvalue weighted by atomic mass is 10.0. The molecule has 2 amide bonds. The molecule has 0 aliphatic carbocycles. The van der Waals surface area contributed by atoms with E-state index in [1.54, 1.807) is 37.7 Å². The first-order chi connectivity index (χ1) is 21.0. The number of aromatic nitrogens is 3. The summed E-state index contributed by atoms with van der Waals surface area (Å²) in [6.45, 7) is 11.0. The molecule has 3 aliphatic rings. The second-order valence-corrected chi connectivity index (χ2v) is 12.7. The van der Waals surface area contributed by atoms with Gasteiger partial charge in [0.2, 0.25) is 0 Å². The van der Waals surface area contributed by atoms with Crippen molar-refractivity contribution in [1.82, 2.24) is 29.5 Å². The number of hydrogen-bond acceptors (Lipinski definition) is 9. The van der Waals surface area contributed by atoms with Crippen molar-refractivity contribution in [3.63, 3.8) is 0 Å². The molecule has 5 heterocycles. The lowest BCUT2D eigenvalue weighted by Gasteiger charge is -2.42. The molecule has 1 aromatic carbocycles. The summed E-state index contributed by atoms with van der Waals surface area (Å²) in [5.41, 5.74) is 0.338. The van der Waals surface area contributed by atoms with Crippen LogP contribution in [0.15, 0.2) is 36.5 Å². The highest BCUT2D eigenvalue weighted by Gasteiger charge is 2.39. The van der Waals surface area contributed by atoms with Gasteiger partial charge in [0, 0.05) is 57.6 Å². The van der Waals surface area contributed by atoms with Gasteiger partial charge in [0.05, 0.1) is 46.4 Å². The summed E-state index contributed by atoms with van der Waals surface area (Å²) in [6, 6.07) is 10.2. The summed E-state index contributed by atoms with van der Waals surface area (Å²) in [6.07, 6.45) is 3.17. The molecule has 3 aromatic rings. The Morgan fingerprint density at radius 2 is 1.89 bits per heavy atom. The molecule has 2 saturated heterocycles. The van der Waals surface area contributed by atoms with E-state index in [4.69, 9.17) is 9.84 Å². The molecule has 12 heteroatoms. The molecule has 0 N–H and O–H groups in total. The van der Waals surface area contributed by atoms with Gasteiger partial charge in [0.15, 0.2) is 5.82 Å². The summed E-state index contributed by atoms with van der Waals surface area (Å²) in [5, 5.41) is 14.6. The zero-order valence-electron chi connectivity index (χ0n) is 25.6. The minimum Gasteiger partial charge on any atom is -0.443 e. The molecule has 44 heavy (non-hydrogen) atoms. The number of fused-ring (bicyclic) bond motifs is 1. The van der Waals surface area contributed by atoms with Crippen LogP contribution in [0.1, 0.15) is 55.2 Å². The number of benzene rings is 1. The van der Waals surface area contributed by atoms with Gasteiger partial charge in [0.1, 0.15) is 11.4 Å². The first-order valence-electron chi connectivity index (χ1n) is 15.0. The molecule has 0 unspecified atom stereocenters. The Bertz CT molecular complexity index is 1630. The zero-order valence-corrected chi connectivity index (χ0v) is 25.6. The van der Waals surface area contributed by atoms with Gasteiger partial charge < -0.3 is 14.5 Å². The normalized spacial score (nSPS) is 19.6. The summed E-state index contributed by atoms with van der Waals surface area (Å²) in [7, 11) is 2.16. The Morgan fingerprint density at radius 1 is 1.11 bits per heavy atom. The molecule has 2 aromatic heterocycles. The van der Waals surface area contributed by atoms with Gasteiger partial charge in [-0.05, 0) is 58.9 Å². The van der Waals surface area contributed by atoms with Gasteiger partial charge >= 0.3 is 6.09 Å². The topological polar surface area (TPSA) is 111 Å². The van der Waals surface area contributed by atoms with E-state index >= 15 is 4.39 Å². The minimum atomic E-state index is -0.810. The number of carbonyl (C=O) groups is 2. The predicted molar refractivity (Wildman–Crippen MR) is 162 cm³/mol. The fraction of sp³-hybridized carbons (Fsp3) is 0.469. The van der Waals surface area contributed by atoms with E-state index in [-0.39, 0.29) is 34.6 Å². The molecule has 1 atom stereocenters. The van der Waals surface area contributed by atoms with Gasteiger partial charge in [0.25, 0.3) is 5.91 Å². The molecule has 6 rings (SSSR count). The summed E-state index contributed by atoms with van der Waals surface area (Å²) >= 11 is 0. The van der Waals surface area contributed by atoms with Crippen LogP contribution in [0.4, 0.5) is 15.0 Å². The van der Waals surface area contributed by atoms with Crippen LogP contribution in [0, 0.1) is 17.1 Å². The van der Waals surface area contributed by atoms with Crippen LogP contribution in [0.3, 0.4) is 0 Å². The van der Waals surface area contributed by atoms with E-state index < -0.39 is 23.4 Å². The van der Waals surface area contributed by atoms with Crippen molar-refractivity contribution < 1.29 is 18.7 Å². The maximum Gasteiger partial charge on any atom is 0.417 e. The highest BCUT2D eigenvalue weighted by molar-refractivity contribution is 6.08. The Labute approximate surface area is 256 Å². The van der Waals surface area contributed by atoms with E-state index in [1.807, 2.05) is 12.1 Å². The number of rotatable bonds is 4. The van der Waals surface area contributed by atoms with Crippen LogP contribution in [0.2, 0.25) is 0 Å². The van der Waals surface area contributed by atoms with E-state index in [0.29, 0.717) is 11.7 Å². The SMILES string of the molecule is CN1CCN([C@@H]2CCCN(c3ccn(-c4cc(-c5c(F)cccc5C#N)nc5c4C(=O)N(C(=O)OC(C)(C)C)C5)n3)C2)CC1. The first kappa shape index (κ1) is 29.7. The van der Waals surface area contributed by atoms with Crippen LogP contribution >= 0.6 is 0 Å². The maximum atomic E-state index is 15.2. The largest absolute Gasteiger partial charge is 0.443 e. The quantitative estimate of drug-likeness (QED) is 0.438. The molecular weight excluding hydrogens is 563 g/mol. The van der Waals surface area contributed by atoms with Crippen LogP contribution in [-0.2, 0) is 11.3 Å². The lowest BCUT2D eigenvalue weighted by Crippen LogP contribution is -2.54. The molecular formula is C32H37FN8O3. The number of piperidine rings is 1. The first-order valence-corrected chi connectivity index (χ1v) is 15.0. The zero-order chi connectivity index (χ0) is 31.2. The van der Waals surface area contributed by atoms with Crippen LogP contribution in [0.25, 0.3) is 16.9 Å². The van der Waals surface area contributed by atoms with Gasteiger partial charge in [-0.25, -0.2) is 23.8 Å². The third-order valence-corrected chi connectivity index (χ3v) is 8.44. The second-order valence-electron chi connectivity index (χ2n) is 12.7.